The summed E-state index contributed by atoms with van der Waals surface area (Å²) in [7, 11) is 0. The maximum atomic E-state index is 11.9. The lowest BCUT2D eigenvalue weighted by Crippen LogP contribution is -2.60. The predicted octanol–water partition coefficient (Wildman–Crippen LogP) is 1.72. The summed E-state index contributed by atoms with van der Waals surface area (Å²) >= 11 is 0. The Bertz CT molecular complexity index is 531. The molecule has 5 aliphatic rings. The molecule has 5 rings (SSSR count). The van der Waals surface area contributed by atoms with E-state index in [1.54, 1.807) is 6.92 Å². The Balaban J connectivity index is 1.73. The van der Waals surface area contributed by atoms with E-state index in [4.69, 9.17) is 5.26 Å². The Labute approximate surface area is 118 Å². The third-order valence-corrected chi connectivity index (χ3v) is 6.30. The van der Waals surface area contributed by atoms with Crippen molar-refractivity contribution in [2.24, 2.45) is 29.6 Å². The minimum absolute atomic E-state index is 0.102. The molecule has 1 atom stereocenters. The number of amides is 1. The zero-order valence-electron chi connectivity index (χ0n) is 11.7. The van der Waals surface area contributed by atoms with Gasteiger partial charge in [0.1, 0.15) is 11.6 Å². The van der Waals surface area contributed by atoms with Crippen LogP contribution in [0.25, 0.3) is 0 Å². The van der Waals surface area contributed by atoms with E-state index >= 15 is 0 Å². The summed E-state index contributed by atoms with van der Waals surface area (Å²) < 4.78 is 0. The van der Waals surface area contributed by atoms with Gasteiger partial charge in [0.25, 0.3) is 5.91 Å². The van der Waals surface area contributed by atoms with Crippen molar-refractivity contribution in [2.45, 2.75) is 44.8 Å². The van der Waals surface area contributed by atoms with E-state index in [9.17, 15) is 9.90 Å². The number of nitriles is 1. The molecular weight excluding hydrogens is 252 g/mol. The smallest absolute Gasteiger partial charge is 0.264 e. The fourth-order valence-electron chi connectivity index (χ4n) is 5.77. The number of carbonyl (C=O) groups excluding carboxylic acids is 1. The second-order valence-corrected chi connectivity index (χ2v) is 7.29. The molecule has 1 aliphatic heterocycles. The maximum Gasteiger partial charge on any atom is 0.264 e. The number of nitrogens with zero attached hydrogens (tertiary/aromatic N) is 1. The molecule has 4 bridgehead atoms. The molecule has 1 heterocycles. The summed E-state index contributed by atoms with van der Waals surface area (Å²) in [4.78, 5) is 11.9. The molecule has 0 spiro atoms. The molecule has 2 N–H and O–H groups in total. The van der Waals surface area contributed by atoms with Crippen molar-refractivity contribution in [3.8, 4) is 6.07 Å². The fraction of sp³-hybridized carbons (Fsp3) is 0.750. The monoisotopic (exact) mass is 272 g/mol. The lowest BCUT2D eigenvalue weighted by Gasteiger charge is -2.58. The average Bonchev–Trinajstić information content (AvgIpc) is 2.58. The molecule has 4 saturated carbocycles. The van der Waals surface area contributed by atoms with Gasteiger partial charge in [0, 0.05) is 11.5 Å². The Morgan fingerprint density at radius 2 is 1.75 bits per heavy atom. The van der Waals surface area contributed by atoms with Gasteiger partial charge in [-0.05, 0) is 62.7 Å². The van der Waals surface area contributed by atoms with Crippen LogP contribution in [-0.4, -0.2) is 16.7 Å². The molecule has 4 fully saturated rings. The standard InChI is InChI=1S/C16H20N2O2/c1-8-13(7-17)15(19)18-16(8,20)14-11-3-9-2-10(5-11)6-12(14)4-9/h9-12,14,20H,2-6H2,1H3,(H,18,19). The SMILES string of the molecule is CC1=C(C#N)C(=O)NC1(O)C1C2CC3CC(C2)CC1C3. The van der Waals surface area contributed by atoms with E-state index in [-0.39, 0.29) is 11.5 Å². The van der Waals surface area contributed by atoms with Gasteiger partial charge in [-0.1, -0.05) is 0 Å². The normalized spacial score (nSPS) is 49.5. The van der Waals surface area contributed by atoms with Crippen LogP contribution in [0.15, 0.2) is 11.1 Å². The van der Waals surface area contributed by atoms with Gasteiger partial charge in [0.05, 0.1) is 0 Å². The van der Waals surface area contributed by atoms with E-state index in [0.29, 0.717) is 17.4 Å². The second-order valence-electron chi connectivity index (χ2n) is 7.29. The third kappa shape index (κ3) is 1.42. The first-order valence-electron chi connectivity index (χ1n) is 7.69. The van der Waals surface area contributed by atoms with Crippen LogP contribution in [0, 0.1) is 40.9 Å². The number of hydrogen-bond acceptors (Lipinski definition) is 3. The molecule has 1 amide bonds. The number of nitrogens with one attached hydrogen (secondary N) is 1. The van der Waals surface area contributed by atoms with Crippen molar-refractivity contribution in [3.63, 3.8) is 0 Å². The van der Waals surface area contributed by atoms with Crippen molar-refractivity contribution >= 4 is 5.91 Å². The van der Waals surface area contributed by atoms with Crippen LogP contribution >= 0.6 is 0 Å². The zero-order chi connectivity index (χ0) is 14.1. The highest BCUT2D eigenvalue weighted by molar-refractivity contribution is 6.01. The number of hydrogen-bond donors (Lipinski definition) is 2. The zero-order valence-corrected chi connectivity index (χ0v) is 11.7. The van der Waals surface area contributed by atoms with Crippen molar-refractivity contribution in [1.29, 1.82) is 5.26 Å². The molecule has 106 valence electrons. The lowest BCUT2D eigenvalue weighted by atomic mass is 9.49. The highest BCUT2D eigenvalue weighted by Crippen LogP contribution is 2.60. The summed E-state index contributed by atoms with van der Waals surface area (Å²) in [5.41, 5.74) is -0.617. The van der Waals surface area contributed by atoms with E-state index in [1.165, 1.54) is 32.1 Å². The molecule has 20 heavy (non-hydrogen) atoms. The molecular formula is C16H20N2O2. The topological polar surface area (TPSA) is 73.1 Å². The van der Waals surface area contributed by atoms with Crippen molar-refractivity contribution in [2.75, 3.05) is 0 Å². The Morgan fingerprint density at radius 3 is 2.20 bits per heavy atom. The predicted molar refractivity (Wildman–Crippen MR) is 71.9 cm³/mol. The number of carbonyl (C=O) groups is 1. The van der Waals surface area contributed by atoms with Crippen LogP contribution in [0.3, 0.4) is 0 Å². The van der Waals surface area contributed by atoms with Gasteiger partial charge in [-0.2, -0.15) is 5.26 Å². The van der Waals surface area contributed by atoms with Crippen LogP contribution in [0.2, 0.25) is 0 Å². The Hall–Kier alpha value is -1.34. The van der Waals surface area contributed by atoms with Crippen LogP contribution in [0.1, 0.15) is 39.0 Å². The molecule has 0 radical (unpaired) electrons. The van der Waals surface area contributed by atoms with Gasteiger partial charge in [0.2, 0.25) is 0 Å². The molecule has 1 unspecified atom stereocenters. The summed E-state index contributed by atoms with van der Waals surface area (Å²) in [6.07, 6.45) is 6.11. The molecule has 0 aromatic carbocycles. The lowest BCUT2D eigenvalue weighted by molar-refractivity contribution is -0.145. The summed E-state index contributed by atoms with van der Waals surface area (Å²) in [6, 6.07) is 1.95. The van der Waals surface area contributed by atoms with Gasteiger partial charge < -0.3 is 10.4 Å². The minimum Gasteiger partial charge on any atom is -0.367 e. The molecule has 0 aromatic heterocycles. The largest absolute Gasteiger partial charge is 0.367 e. The van der Waals surface area contributed by atoms with E-state index in [0.717, 1.165) is 11.8 Å². The third-order valence-electron chi connectivity index (χ3n) is 6.30. The maximum absolute atomic E-state index is 11.9. The first-order valence-corrected chi connectivity index (χ1v) is 7.69. The van der Waals surface area contributed by atoms with Gasteiger partial charge in [-0.3, -0.25) is 4.79 Å². The van der Waals surface area contributed by atoms with Crippen molar-refractivity contribution in [1.82, 2.24) is 5.32 Å². The Morgan fingerprint density at radius 1 is 1.20 bits per heavy atom. The van der Waals surface area contributed by atoms with E-state index in [2.05, 4.69) is 5.32 Å². The van der Waals surface area contributed by atoms with Crippen LogP contribution in [-0.2, 0) is 4.79 Å². The molecule has 0 saturated heterocycles. The van der Waals surface area contributed by atoms with Crippen LogP contribution in [0.4, 0.5) is 0 Å². The summed E-state index contributed by atoms with van der Waals surface area (Å²) in [6.45, 7) is 1.74. The van der Waals surface area contributed by atoms with Crippen molar-refractivity contribution < 1.29 is 9.90 Å². The van der Waals surface area contributed by atoms with Crippen LogP contribution in [0.5, 0.6) is 0 Å². The second kappa shape index (κ2) is 3.85. The van der Waals surface area contributed by atoms with Gasteiger partial charge >= 0.3 is 0 Å². The van der Waals surface area contributed by atoms with Gasteiger partial charge in [-0.25, -0.2) is 0 Å². The Kier molecular flexibility index (Phi) is 2.39. The molecule has 4 nitrogen and oxygen atoms in total. The van der Waals surface area contributed by atoms with Gasteiger partial charge in [0.15, 0.2) is 5.72 Å². The quantitative estimate of drug-likeness (QED) is 0.763. The summed E-state index contributed by atoms with van der Waals surface area (Å²) in [5, 5.41) is 23.0. The highest BCUT2D eigenvalue weighted by atomic mass is 16.3. The molecule has 4 aliphatic carbocycles. The highest BCUT2D eigenvalue weighted by Gasteiger charge is 2.58. The van der Waals surface area contributed by atoms with Gasteiger partial charge in [-0.15, -0.1) is 0 Å². The first-order chi connectivity index (χ1) is 9.53. The number of aliphatic hydroxyl groups is 1. The average molecular weight is 272 g/mol. The van der Waals surface area contributed by atoms with E-state index in [1.807, 2.05) is 6.07 Å². The van der Waals surface area contributed by atoms with E-state index < -0.39 is 11.6 Å². The number of rotatable bonds is 1. The minimum atomic E-state index is -1.27. The fourth-order valence-corrected chi connectivity index (χ4v) is 5.77. The van der Waals surface area contributed by atoms with Crippen molar-refractivity contribution in [3.05, 3.63) is 11.1 Å². The molecule has 4 heteroatoms. The van der Waals surface area contributed by atoms with Crippen LogP contribution < -0.4 is 5.32 Å². The first kappa shape index (κ1) is 12.4. The summed E-state index contributed by atoms with van der Waals surface area (Å²) in [5.74, 6) is 2.36. The molecule has 0 aromatic rings.